The molecule has 0 spiro atoms. The molecule has 0 aliphatic rings. The summed E-state index contributed by atoms with van der Waals surface area (Å²) in [6, 6.07) is 10.5. The van der Waals surface area contributed by atoms with Crippen molar-refractivity contribution in [2.45, 2.75) is 13.0 Å². The van der Waals surface area contributed by atoms with Gasteiger partial charge in [0.1, 0.15) is 0 Å². The van der Waals surface area contributed by atoms with Gasteiger partial charge in [-0.1, -0.05) is 29.3 Å². The number of rotatable bonds is 5. The first-order valence-electron chi connectivity index (χ1n) is 7.15. The SMILES string of the molecule is C[C@H](OC(=O)c1c(Cl)cccc1Cl)C(=O)Nc1ccc(C(N)=O)cc1. The van der Waals surface area contributed by atoms with E-state index in [2.05, 4.69) is 5.32 Å². The number of carbonyl (C=O) groups is 3. The summed E-state index contributed by atoms with van der Waals surface area (Å²) in [6.07, 6.45) is -1.09. The molecule has 0 saturated heterocycles. The maximum atomic E-state index is 12.2. The van der Waals surface area contributed by atoms with Crippen molar-refractivity contribution in [2.24, 2.45) is 5.73 Å². The van der Waals surface area contributed by atoms with Gasteiger partial charge in [-0.15, -0.1) is 0 Å². The Bertz CT molecular complexity index is 802. The van der Waals surface area contributed by atoms with E-state index >= 15 is 0 Å². The molecule has 0 fully saturated rings. The molecule has 25 heavy (non-hydrogen) atoms. The van der Waals surface area contributed by atoms with Gasteiger partial charge in [0, 0.05) is 11.3 Å². The summed E-state index contributed by atoms with van der Waals surface area (Å²) in [6.45, 7) is 1.41. The second-order valence-corrected chi connectivity index (χ2v) is 5.89. The number of primary amides is 1. The van der Waals surface area contributed by atoms with Crippen LogP contribution in [-0.2, 0) is 9.53 Å². The lowest BCUT2D eigenvalue weighted by atomic mass is 10.2. The molecule has 0 unspecified atom stereocenters. The lowest BCUT2D eigenvalue weighted by molar-refractivity contribution is -0.123. The van der Waals surface area contributed by atoms with Crippen LogP contribution in [0.15, 0.2) is 42.5 Å². The highest BCUT2D eigenvalue weighted by molar-refractivity contribution is 6.39. The van der Waals surface area contributed by atoms with Crippen LogP contribution >= 0.6 is 23.2 Å². The number of hydrogen-bond donors (Lipinski definition) is 2. The molecule has 0 aliphatic heterocycles. The molecule has 6 nitrogen and oxygen atoms in total. The molecule has 3 N–H and O–H groups in total. The van der Waals surface area contributed by atoms with Crippen LogP contribution < -0.4 is 11.1 Å². The number of halogens is 2. The monoisotopic (exact) mass is 380 g/mol. The number of hydrogen-bond acceptors (Lipinski definition) is 4. The number of carbonyl (C=O) groups excluding carboxylic acids is 3. The van der Waals surface area contributed by atoms with E-state index < -0.39 is 23.9 Å². The van der Waals surface area contributed by atoms with Crippen molar-refractivity contribution in [3.05, 3.63) is 63.6 Å². The third-order valence-electron chi connectivity index (χ3n) is 3.26. The zero-order chi connectivity index (χ0) is 18.6. The highest BCUT2D eigenvalue weighted by Crippen LogP contribution is 2.25. The Labute approximate surface area is 153 Å². The van der Waals surface area contributed by atoms with Crippen molar-refractivity contribution in [3.63, 3.8) is 0 Å². The largest absolute Gasteiger partial charge is 0.449 e. The minimum absolute atomic E-state index is 0.00343. The predicted octanol–water partition coefficient (Wildman–Crippen LogP) is 3.28. The fourth-order valence-electron chi connectivity index (χ4n) is 1.93. The van der Waals surface area contributed by atoms with Gasteiger partial charge >= 0.3 is 5.97 Å². The number of anilines is 1. The summed E-state index contributed by atoms with van der Waals surface area (Å²) >= 11 is 11.9. The second-order valence-electron chi connectivity index (χ2n) is 5.08. The van der Waals surface area contributed by atoms with Gasteiger partial charge in [0.25, 0.3) is 5.91 Å². The Kier molecular flexibility index (Phi) is 6.01. The quantitative estimate of drug-likeness (QED) is 0.777. The molecule has 0 bridgehead atoms. The van der Waals surface area contributed by atoms with Crippen molar-refractivity contribution < 1.29 is 19.1 Å². The maximum Gasteiger partial charge on any atom is 0.341 e. The molecule has 2 aromatic carbocycles. The summed E-state index contributed by atoms with van der Waals surface area (Å²) in [7, 11) is 0. The van der Waals surface area contributed by atoms with Gasteiger partial charge in [0.15, 0.2) is 6.10 Å². The fraction of sp³-hybridized carbons (Fsp3) is 0.118. The summed E-state index contributed by atoms with van der Waals surface area (Å²) in [5.74, 6) is -1.93. The van der Waals surface area contributed by atoms with Crippen molar-refractivity contribution in [1.82, 2.24) is 0 Å². The van der Waals surface area contributed by atoms with Crippen molar-refractivity contribution in [1.29, 1.82) is 0 Å². The predicted molar refractivity (Wildman–Crippen MR) is 94.9 cm³/mol. The molecule has 0 aliphatic carbocycles. The van der Waals surface area contributed by atoms with E-state index in [0.717, 1.165) is 0 Å². The summed E-state index contributed by atoms with van der Waals surface area (Å²) in [4.78, 5) is 35.3. The van der Waals surface area contributed by atoms with Gasteiger partial charge in [-0.25, -0.2) is 4.79 Å². The van der Waals surface area contributed by atoms with Crippen LogP contribution in [0.3, 0.4) is 0 Å². The van der Waals surface area contributed by atoms with Gasteiger partial charge < -0.3 is 15.8 Å². The minimum atomic E-state index is -1.09. The number of amides is 2. The molecule has 0 radical (unpaired) electrons. The van der Waals surface area contributed by atoms with Crippen LogP contribution in [0.1, 0.15) is 27.6 Å². The Hall–Kier alpha value is -2.57. The highest BCUT2D eigenvalue weighted by Gasteiger charge is 2.22. The number of nitrogens with one attached hydrogen (secondary N) is 1. The molecular weight excluding hydrogens is 367 g/mol. The smallest absolute Gasteiger partial charge is 0.341 e. The van der Waals surface area contributed by atoms with Gasteiger partial charge in [-0.3, -0.25) is 9.59 Å². The fourth-order valence-corrected chi connectivity index (χ4v) is 2.48. The Morgan fingerprint density at radius 3 is 2.12 bits per heavy atom. The lowest BCUT2D eigenvalue weighted by Gasteiger charge is -2.14. The zero-order valence-corrected chi connectivity index (χ0v) is 14.6. The normalized spacial score (nSPS) is 11.5. The van der Waals surface area contributed by atoms with Crippen LogP contribution in [-0.4, -0.2) is 23.9 Å². The number of benzene rings is 2. The molecule has 0 heterocycles. The van der Waals surface area contributed by atoms with Crippen molar-refractivity contribution >= 4 is 46.7 Å². The molecular formula is C17H14Cl2N2O4. The number of esters is 1. The van der Waals surface area contributed by atoms with E-state index in [1.165, 1.54) is 43.3 Å². The first kappa shape index (κ1) is 18.8. The van der Waals surface area contributed by atoms with E-state index in [9.17, 15) is 14.4 Å². The maximum absolute atomic E-state index is 12.2. The van der Waals surface area contributed by atoms with Gasteiger partial charge in [0.2, 0.25) is 5.91 Å². The van der Waals surface area contributed by atoms with E-state index in [-0.39, 0.29) is 15.6 Å². The molecule has 2 aromatic rings. The Morgan fingerprint density at radius 1 is 1.04 bits per heavy atom. The average molecular weight is 381 g/mol. The van der Waals surface area contributed by atoms with E-state index in [0.29, 0.717) is 11.3 Å². The Morgan fingerprint density at radius 2 is 1.60 bits per heavy atom. The number of ether oxygens (including phenoxy) is 1. The number of nitrogens with two attached hydrogens (primary N) is 1. The Balaban J connectivity index is 2.02. The lowest BCUT2D eigenvalue weighted by Crippen LogP contribution is -2.30. The molecule has 0 aromatic heterocycles. The molecule has 2 rings (SSSR count). The first-order valence-corrected chi connectivity index (χ1v) is 7.91. The van der Waals surface area contributed by atoms with E-state index in [1.54, 1.807) is 6.07 Å². The summed E-state index contributed by atoms with van der Waals surface area (Å²) in [5.41, 5.74) is 5.87. The van der Waals surface area contributed by atoms with Gasteiger partial charge in [-0.05, 0) is 43.3 Å². The molecule has 8 heteroatoms. The van der Waals surface area contributed by atoms with Crippen LogP contribution in [0.25, 0.3) is 0 Å². The first-order chi connectivity index (χ1) is 11.8. The summed E-state index contributed by atoms with van der Waals surface area (Å²) in [5, 5.41) is 2.82. The van der Waals surface area contributed by atoms with Crippen molar-refractivity contribution in [3.8, 4) is 0 Å². The van der Waals surface area contributed by atoms with Crippen LogP contribution in [0.4, 0.5) is 5.69 Å². The summed E-state index contributed by atoms with van der Waals surface area (Å²) < 4.78 is 5.10. The van der Waals surface area contributed by atoms with Gasteiger partial charge in [-0.2, -0.15) is 0 Å². The average Bonchev–Trinajstić information content (AvgIpc) is 2.55. The van der Waals surface area contributed by atoms with Crippen molar-refractivity contribution in [2.75, 3.05) is 5.32 Å². The van der Waals surface area contributed by atoms with E-state index in [1.807, 2.05) is 0 Å². The van der Waals surface area contributed by atoms with Crippen LogP contribution in [0.2, 0.25) is 10.0 Å². The third-order valence-corrected chi connectivity index (χ3v) is 3.89. The topological polar surface area (TPSA) is 98.5 Å². The third kappa shape index (κ3) is 4.71. The van der Waals surface area contributed by atoms with Gasteiger partial charge in [0.05, 0.1) is 15.6 Å². The molecule has 1 atom stereocenters. The second kappa shape index (κ2) is 8.00. The molecule has 130 valence electrons. The molecule has 2 amide bonds. The standard InChI is InChI=1S/C17H14Cl2N2O4/c1-9(25-17(24)14-12(18)3-2-4-13(14)19)16(23)21-11-7-5-10(6-8-11)15(20)22/h2-9H,1H3,(H2,20,22)(H,21,23)/t9-/m0/s1. The molecule has 0 saturated carbocycles. The van der Waals surface area contributed by atoms with Crippen LogP contribution in [0, 0.1) is 0 Å². The van der Waals surface area contributed by atoms with E-state index in [4.69, 9.17) is 33.7 Å². The highest BCUT2D eigenvalue weighted by atomic mass is 35.5. The minimum Gasteiger partial charge on any atom is -0.449 e. The van der Waals surface area contributed by atoms with Crippen LogP contribution in [0.5, 0.6) is 0 Å². The zero-order valence-electron chi connectivity index (χ0n) is 13.1.